The minimum atomic E-state index is -1.05. The number of pyridine rings is 1. The van der Waals surface area contributed by atoms with Gasteiger partial charge in [-0.1, -0.05) is 13.8 Å². The third-order valence-corrected chi connectivity index (χ3v) is 5.08. The highest BCUT2D eigenvalue weighted by atomic mass is 19.1. The van der Waals surface area contributed by atoms with Crippen molar-refractivity contribution in [3.63, 3.8) is 0 Å². The molecule has 5 nitrogen and oxygen atoms in total. The molecule has 1 aliphatic heterocycles. The largest absolute Gasteiger partial charge is 0.377 e. The molecule has 2 fully saturated rings. The fourth-order valence-electron chi connectivity index (χ4n) is 3.74. The second-order valence-electron chi connectivity index (χ2n) is 6.44. The van der Waals surface area contributed by atoms with E-state index in [9.17, 15) is 9.18 Å². The number of ether oxygens (including phenoxy) is 1. The number of hydrogen-bond donors (Lipinski definition) is 2. The molecule has 1 saturated heterocycles. The molecule has 1 saturated carbocycles. The van der Waals surface area contributed by atoms with Crippen LogP contribution >= 0.6 is 0 Å². The maximum Gasteiger partial charge on any atom is 0.245 e. The number of rotatable bonds is 2. The van der Waals surface area contributed by atoms with E-state index in [4.69, 9.17) is 10.5 Å². The van der Waals surface area contributed by atoms with Gasteiger partial charge in [0, 0.05) is 24.1 Å². The molecule has 2 aliphatic rings. The molecule has 3 unspecified atom stereocenters. The Kier molecular flexibility index (Phi) is 3.26. The van der Waals surface area contributed by atoms with Gasteiger partial charge in [0.2, 0.25) is 5.91 Å². The lowest BCUT2D eigenvalue weighted by Crippen LogP contribution is -2.81. The molecule has 1 amide bonds. The molecule has 1 aromatic rings. The van der Waals surface area contributed by atoms with Crippen LogP contribution in [0.3, 0.4) is 0 Å². The normalized spacial score (nSPS) is 33.7. The van der Waals surface area contributed by atoms with E-state index in [-0.39, 0.29) is 23.6 Å². The molecular weight excluding hydrogens is 273 g/mol. The Hall–Kier alpha value is -1.53. The van der Waals surface area contributed by atoms with E-state index in [2.05, 4.69) is 10.3 Å². The summed E-state index contributed by atoms with van der Waals surface area (Å²) in [6.07, 6.45) is 4.24. The highest BCUT2D eigenvalue weighted by Gasteiger charge is 2.70. The van der Waals surface area contributed by atoms with Gasteiger partial charge < -0.3 is 15.8 Å². The molecule has 3 atom stereocenters. The quantitative estimate of drug-likeness (QED) is 0.870. The van der Waals surface area contributed by atoms with Crippen LogP contribution < -0.4 is 11.1 Å². The van der Waals surface area contributed by atoms with Crippen LogP contribution in [0.2, 0.25) is 0 Å². The van der Waals surface area contributed by atoms with Crippen molar-refractivity contribution in [2.75, 3.05) is 11.9 Å². The standard InChI is InChI=1S/C15H20FN3O2/c1-14(2)12-9(4-3-7-21-12)15(14,17)13(20)19-11-5-6-18-8-10(11)16/h5-6,8-9,12H,3-4,7,17H2,1-2H3,(H,18,19,20). The van der Waals surface area contributed by atoms with Crippen LogP contribution in [0.25, 0.3) is 0 Å². The van der Waals surface area contributed by atoms with Crippen LogP contribution in [0, 0.1) is 17.2 Å². The highest BCUT2D eigenvalue weighted by molar-refractivity contribution is 6.00. The molecule has 6 heteroatoms. The number of nitrogens with one attached hydrogen (secondary N) is 1. The van der Waals surface area contributed by atoms with Crippen LogP contribution in [-0.2, 0) is 9.53 Å². The van der Waals surface area contributed by atoms with Gasteiger partial charge in [0.1, 0.15) is 5.54 Å². The number of nitrogens with zero attached hydrogens (tertiary/aromatic N) is 1. The molecule has 2 heterocycles. The van der Waals surface area contributed by atoms with Crippen molar-refractivity contribution in [3.8, 4) is 0 Å². The summed E-state index contributed by atoms with van der Waals surface area (Å²) in [5.74, 6) is -0.946. The molecule has 3 rings (SSSR count). The number of nitrogens with two attached hydrogens (primary N) is 1. The van der Waals surface area contributed by atoms with Crippen LogP contribution in [0.5, 0.6) is 0 Å². The Morgan fingerprint density at radius 3 is 3.05 bits per heavy atom. The van der Waals surface area contributed by atoms with Gasteiger partial charge in [-0.15, -0.1) is 0 Å². The van der Waals surface area contributed by atoms with Crippen molar-refractivity contribution in [2.24, 2.45) is 17.1 Å². The van der Waals surface area contributed by atoms with Gasteiger partial charge in [0.25, 0.3) is 0 Å². The minimum Gasteiger partial charge on any atom is -0.377 e. The van der Waals surface area contributed by atoms with E-state index in [1.54, 1.807) is 0 Å². The SMILES string of the molecule is CC1(C)C2OCCCC2C1(N)C(=O)Nc1ccncc1F. The highest BCUT2D eigenvalue weighted by Crippen LogP contribution is 2.57. The first-order chi connectivity index (χ1) is 9.89. The molecule has 0 bridgehead atoms. The van der Waals surface area contributed by atoms with E-state index in [1.165, 1.54) is 12.3 Å². The Labute approximate surface area is 123 Å². The summed E-state index contributed by atoms with van der Waals surface area (Å²) in [4.78, 5) is 16.3. The lowest BCUT2D eigenvalue weighted by atomic mass is 9.46. The maximum absolute atomic E-state index is 13.6. The summed E-state index contributed by atoms with van der Waals surface area (Å²) in [6, 6.07) is 1.43. The zero-order chi connectivity index (χ0) is 15.3. The summed E-state index contributed by atoms with van der Waals surface area (Å²) in [5, 5.41) is 2.61. The van der Waals surface area contributed by atoms with Gasteiger partial charge in [-0.3, -0.25) is 9.78 Å². The molecule has 0 radical (unpaired) electrons. The van der Waals surface area contributed by atoms with Crippen molar-refractivity contribution in [1.82, 2.24) is 4.98 Å². The number of carbonyl (C=O) groups is 1. The first-order valence-corrected chi connectivity index (χ1v) is 7.20. The van der Waals surface area contributed by atoms with Crippen molar-refractivity contribution in [2.45, 2.75) is 38.3 Å². The number of fused-ring (bicyclic) bond motifs is 1. The van der Waals surface area contributed by atoms with E-state index in [0.29, 0.717) is 6.61 Å². The number of hydrogen-bond acceptors (Lipinski definition) is 4. The molecule has 114 valence electrons. The Bertz CT molecular complexity index is 578. The number of halogens is 1. The summed E-state index contributed by atoms with van der Waals surface area (Å²) in [6.45, 7) is 4.57. The summed E-state index contributed by atoms with van der Waals surface area (Å²) in [5.41, 5.74) is 5.03. The lowest BCUT2D eigenvalue weighted by molar-refractivity contribution is -0.222. The van der Waals surface area contributed by atoms with Gasteiger partial charge in [-0.25, -0.2) is 4.39 Å². The second-order valence-corrected chi connectivity index (χ2v) is 6.44. The first-order valence-electron chi connectivity index (χ1n) is 7.20. The van der Waals surface area contributed by atoms with Crippen LogP contribution in [0.15, 0.2) is 18.5 Å². The monoisotopic (exact) mass is 293 g/mol. The van der Waals surface area contributed by atoms with Crippen molar-refractivity contribution >= 4 is 11.6 Å². The summed E-state index contributed by atoms with van der Waals surface area (Å²) >= 11 is 0. The molecule has 1 aromatic heterocycles. The Morgan fingerprint density at radius 2 is 2.33 bits per heavy atom. The Morgan fingerprint density at radius 1 is 1.57 bits per heavy atom. The predicted molar refractivity (Wildman–Crippen MR) is 76.0 cm³/mol. The van der Waals surface area contributed by atoms with Gasteiger partial charge >= 0.3 is 0 Å². The van der Waals surface area contributed by atoms with Gasteiger partial charge in [-0.2, -0.15) is 0 Å². The zero-order valence-electron chi connectivity index (χ0n) is 12.2. The van der Waals surface area contributed by atoms with Crippen LogP contribution in [0.4, 0.5) is 10.1 Å². The first kappa shape index (κ1) is 14.4. The fraction of sp³-hybridized carbons (Fsp3) is 0.600. The van der Waals surface area contributed by atoms with Gasteiger partial charge in [-0.05, 0) is 18.9 Å². The summed E-state index contributed by atoms with van der Waals surface area (Å²) in [7, 11) is 0. The molecule has 0 spiro atoms. The van der Waals surface area contributed by atoms with E-state index < -0.39 is 16.8 Å². The average Bonchev–Trinajstić information content (AvgIpc) is 2.48. The maximum atomic E-state index is 13.6. The smallest absolute Gasteiger partial charge is 0.245 e. The van der Waals surface area contributed by atoms with Gasteiger partial charge in [0.05, 0.1) is 18.0 Å². The molecule has 1 aliphatic carbocycles. The van der Waals surface area contributed by atoms with E-state index in [1.807, 2.05) is 13.8 Å². The molecule has 21 heavy (non-hydrogen) atoms. The van der Waals surface area contributed by atoms with Gasteiger partial charge in [0.15, 0.2) is 5.82 Å². The topological polar surface area (TPSA) is 77.2 Å². The number of amides is 1. The van der Waals surface area contributed by atoms with E-state index in [0.717, 1.165) is 19.0 Å². The summed E-state index contributed by atoms with van der Waals surface area (Å²) < 4.78 is 19.4. The molecule has 0 aromatic carbocycles. The van der Waals surface area contributed by atoms with Crippen LogP contribution in [-0.4, -0.2) is 29.1 Å². The fourth-order valence-corrected chi connectivity index (χ4v) is 3.74. The van der Waals surface area contributed by atoms with E-state index >= 15 is 0 Å². The molecule has 3 N–H and O–H groups in total. The van der Waals surface area contributed by atoms with Crippen molar-refractivity contribution in [3.05, 3.63) is 24.3 Å². The predicted octanol–water partition coefficient (Wildman–Crippen LogP) is 1.69. The molecular formula is C15H20FN3O2. The van der Waals surface area contributed by atoms with Crippen molar-refractivity contribution < 1.29 is 13.9 Å². The average molecular weight is 293 g/mol. The number of carbonyl (C=O) groups excluding carboxylic acids is 1. The third kappa shape index (κ3) is 1.89. The number of aromatic nitrogens is 1. The minimum absolute atomic E-state index is 0.00992. The van der Waals surface area contributed by atoms with Crippen LogP contribution in [0.1, 0.15) is 26.7 Å². The lowest BCUT2D eigenvalue weighted by Gasteiger charge is -2.65. The second kappa shape index (κ2) is 4.74. The zero-order valence-corrected chi connectivity index (χ0v) is 12.2. The Balaban J connectivity index is 1.85. The van der Waals surface area contributed by atoms with Crippen molar-refractivity contribution in [1.29, 1.82) is 0 Å². The number of anilines is 1. The third-order valence-electron chi connectivity index (χ3n) is 5.08.